The van der Waals surface area contributed by atoms with Gasteiger partial charge in [0, 0.05) is 30.6 Å². The summed E-state index contributed by atoms with van der Waals surface area (Å²) in [6.45, 7) is 4.70. The first-order valence-electron chi connectivity index (χ1n) is 8.41. The van der Waals surface area contributed by atoms with Crippen LogP contribution in [0.5, 0.6) is 0 Å². The van der Waals surface area contributed by atoms with Crippen LogP contribution < -0.4 is 15.8 Å². The minimum Gasteiger partial charge on any atom is -0.354 e. The second kappa shape index (κ2) is 9.34. The van der Waals surface area contributed by atoms with E-state index in [4.69, 9.17) is 5.73 Å². The van der Waals surface area contributed by atoms with Crippen molar-refractivity contribution in [2.45, 2.75) is 50.0 Å². The summed E-state index contributed by atoms with van der Waals surface area (Å²) in [5.74, 6) is 0.404. The number of nitrogens with one attached hydrogen (secondary N) is 2. The number of nitrogens with two attached hydrogens (primary N) is 1. The van der Waals surface area contributed by atoms with Crippen molar-refractivity contribution in [3.63, 3.8) is 0 Å². The largest absolute Gasteiger partial charge is 0.354 e. The highest BCUT2D eigenvalue weighted by molar-refractivity contribution is 7.90. The Labute approximate surface area is 161 Å². The van der Waals surface area contributed by atoms with Crippen molar-refractivity contribution in [3.8, 4) is 0 Å². The molecule has 0 bridgehead atoms. The zero-order valence-corrected chi connectivity index (χ0v) is 16.8. The number of benzene rings is 1. The lowest BCUT2D eigenvalue weighted by atomic mass is 10.1. The van der Waals surface area contributed by atoms with Crippen LogP contribution >= 0.6 is 12.4 Å². The number of unbranched alkanes of at least 4 members (excludes halogenated alkanes) is 2. The Morgan fingerprint density at radius 3 is 2.62 bits per heavy atom. The molecule has 0 aliphatic carbocycles. The molecule has 1 heterocycles. The SMILES string of the molecule is CC(C)(N)CNC(=O)CCCCCN=C1NS(=O)(=O)c2ccccc21.Cl. The lowest BCUT2D eigenvalue weighted by molar-refractivity contribution is -0.121. The average Bonchev–Trinajstić information content (AvgIpc) is 2.79. The average molecular weight is 403 g/mol. The molecule has 0 aromatic heterocycles. The van der Waals surface area contributed by atoms with Crippen LogP contribution in [0.25, 0.3) is 0 Å². The minimum atomic E-state index is -3.48. The maximum absolute atomic E-state index is 12.0. The van der Waals surface area contributed by atoms with Gasteiger partial charge in [0.25, 0.3) is 10.0 Å². The quantitative estimate of drug-likeness (QED) is 0.572. The third kappa shape index (κ3) is 6.59. The van der Waals surface area contributed by atoms with Gasteiger partial charge in [-0.3, -0.25) is 14.5 Å². The van der Waals surface area contributed by atoms with Gasteiger partial charge in [-0.15, -0.1) is 12.4 Å². The molecule has 0 saturated carbocycles. The number of carbonyl (C=O) groups is 1. The van der Waals surface area contributed by atoms with E-state index in [1.54, 1.807) is 24.3 Å². The molecule has 0 saturated heterocycles. The van der Waals surface area contributed by atoms with E-state index >= 15 is 0 Å². The minimum absolute atomic E-state index is 0. The molecule has 2 rings (SSSR count). The number of fused-ring (bicyclic) bond motifs is 1. The number of carbonyl (C=O) groups excluding carboxylic acids is 1. The zero-order valence-electron chi connectivity index (χ0n) is 15.1. The van der Waals surface area contributed by atoms with Gasteiger partial charge in [-0.1, -0.05) is 18.6 Å². The smallest absolute Gasteiger partial charge is 0.263 e. The molecule has 1 aliphatic heterocycles. The number of amidine groups is 1. The van der Waals surface area contributed by atoms with Crippen LogP contribution in [0.3, 0.4) is 0 Å². The van der Waals surface area contributed by atoms with Crippen LogP contribution in [0.4, 0.5) is 0 Å². The second-order valence-corrected chi connectivity index (χ2v) is 8.56. The predicted octanol–water partition coefficient (Wildman–Crippen LogP) is 1.56. The van der Waals surface area contributed by atoms with Gasteiger partial charge < -0.3 is 11.1 Å². The van der Waals surface area contributed by atoms with Crippen LogP contribution in [0.15, 0.2) is 34.2 Å². The van der Waals surface area contributed by atoms with Crippen LogP contribution in [-0.4, -0.2) is 38.8 Å². The molecular weight excluding hydrogens is 376 g/mol. The summed E-state index contributed by atoms with van der Waals surface area (Å²) in [6, 6.07) is 6.80. The molecule has 0 unspecified atom stereocenters. The highest BCUT2D eigenvalue weighted by Gasteiger charge is 2.29. The van der Waals surface area contributed by atoms with Crippen molar-refractivity contribution in [1.82, 2.24) is 10.0 Å². The fraction of sp³-hybridized carbons (Fsp3) is 0.529. The number of hydrogen-bond donors (Lipinski definition) is 3. The lowest BCUT2D eigenvalue weighted by Gasteiger charge is -2.18. The topological polar surface area (TPSA) is 114 Å². The molecule has 26 heavy (non-hydrogen) atoms. The molecule has 146 valence electrons. The standard InChI is InChI=1S/C17H26N4O3S.ClH/c1-17(2,18)12-20-15(22)10-4-3-7-11-19-16-13-8-5-6-9-14(13)25(23,24)21-16;/h5-6,8-9H,3-4,7,10-12,18H2,1-2H3,(H,19,21)(H,20,22);1H. The molecule has 0 fully saturated rings. The number of rotatable bonds is 8. The molecule has 4 N–H and O–H groups in total. The Hall–Kier alpha value is -1.64. The van der Waals surface area contributed by atoms with Crippen LogP contribution in [0.1, 0.15) is 45.1 Å². The van der Waals surface area contributed by atoms with Crippen molar-refractivity contribution >= 4 is 34.2 Å². The number of nitrogens with zero attached hydrogens (tertiary/aromatic N) is 1. The van der Waals surface area contributed by atoms with E-state index < -0.39 is 15.6 Å². The number of sulfonamides is 1. The lowest BCUT2D eigenvalue weighted by Crippen LogP contribution is -2.45. The van der Waals surface area contributed by atoms with Gasteiger partial charge in [0.15, 0.2) is 0 Å². The van der Waals surface area contributed by atoms with Crippen LogP contribution in [0, 0.1) is 0 Å². The Morgan fingerprint density at radius 2 is 1.92 bits per heavy atom. The van der Waals surface area contributed by atoms with Crippen molar-refractivity contribution in [2.75, 3.05) is 13.1 Å². The number of hydrogen-bond acceptors (Lipinski definition) is 5. The summed E-state index contributed by atoms with van der Waals surface area (Å²) >= 11 is 0. The number of halogens is 1. The van der Waals surface area contributed by atoms with Crippen molar-refractivity contribution in [3.05, 3.63) is 29.8 Å². The summed E-state index contributed by atoms with van der Waals surface area (Å²) in [6.07, 6.45) is 2.87. The fourth-order valence-electron chi connectivity index (χ4n) is 2.43. The predicted molar refractivity (Wildman–Crippen MR) is 105 cm³/mol. The maximum atomic E-state index is 12.0. The van der Waals surface area contributed by atoms with E-state index in [0.717, 1.165) is 19.3 Å². The first-order valence-corrected chi connectivity index (χ1v) is 9.90. The van der Waals surface area contributed by atoms with E-state index in [1.165, 1.54) is 0 Å². The van der Waals surface area contributed by atoms with Gasteiger partial charge >= 0.3 is 0 Å². The summed E-state index contributed by atoms with van der Waals surface area (Å²) in [4.78, 5) is 16.3. The van der Waals surface area contributed by atoms with Gasteiger partial charge in [-0.05, 0) is 38.8 Å². The zero-order chi connectivity index (χ0) is 18.5. The van der Waals surface area contributed by atoms with Crippen molar-refractivity contribution in [2.24, 2.45) is 10.7 Å². The highest BCUT2D eigenvalue weighted by atomic mass is 35.5. The molecule has 0 radical (unpaired) electrons. The fourth-order valence-corrected chi connectivity index (χ4v) is 3.68. The molecule has 1 aliphatic rings. The van der Waals surface area contributed by atoms with E-state index in [1.807, 2.05) is 13.8 Å². The van der Waals surface area contributed by atoms with E-state index in [-0.39, 0.29) is 23.2 Å². The van der Waals surface area contributed by atoms with Gasteiger partial charge in [0.2, 0.25) is 5.91 Å². The Balaban J connectivity index is 0.00000338. The first kappa shape index (κ1) is 22.4. The van der Waals surface area contributed by atoms with Gasteiger partial charge in [0.05, 0.1) is 4.90 Å². The molecule has 1 aromatic rings. The van der Waals surface area contributed by atoms with Crippen LogP contribution in [-0.2, 0) is 14.8 Å². The van der Waals surface area contributed by atoms with Crippen molar-refractivity contribution < 1.29 is 13.2 Å². The molecule has 0 spiro atoms. The molecule has 1 aromatic carbocycles. The first-order chi connectivity index (χ1) is 11.7. The molecular formula is C17H27ClN4O3S. The summed E-state index contributed by atoms with van der Waals surface area (Å²) in [5.41, 5.74) is 6.02. The molecule has 0 atom stereocenters. The monoisotopic (exact) mass is 402 g/mol. The van der Waals surface area contributed by atoms with Crippen LogP contribution in [0.2, 0.25) is 0 Å². The third-order valence-electron chi connectivity index (χ3n) is 3.74. The van der Waals surface area contributed by atoms with E-state index in [2.05, 4.69) is 15.0 Å². The number of amides is 1. The Morgan fingerprint density at radius 1 is 1.23 bits per heavy atom. The Bertz CT molecular complexity index is 758. The van der Waals surface area contributed by atoms with Gasteiger partial charge in [-0.25, -0.2) is 8.42 Å². The maximum Gasteiger partial charge on any atom is 0.263 e. The summed E-state index contributed by atoms with van der Waals surface area (Å²) in [5, 5.41) is 2.81. The Kier molecular flexibility index (Phi) is 8.05. The normalized spacial score (nSPS) is 16.5. The highest BCUT2D eigenvalue weighted by Crippen LogP contribution is 2.22. The summed E-state index contributed by atoms with van der Waals surface area (Å²) < 4.78 is 26.4. The number of aliphatic imine (C=N–C) groups is 1. The molecule has 9 heteroatoms. The molecule has 1 amide bonds. The van der Waals surface area contributed by atoms with E-state index in [0.29, 0.717) is 30.9 Å². The third-order valence-corrected chi connectivity index (χ3v) is 5.13. The van der Waals surface area contributed by atoms with Gasteiger partial charge in [0.1, 0.15) is 5.84 Å². The summed E-state index contributed by atoms with van der Waals surface area (Å²) in [7, 11) is -3.48. The second-order valence-electron chi connectivity index (χ2n) is 6.91. The van der Waals surface area contributed by atoms with E-state index in [9.17, 15) is 13.2 Å². The van der Waals surface area contributed by atoms with Gasteiger partial charge in [-0.2, -0.15) is 0 Å². The van der Waals surface area contributed by atoms with Crippen molar-refractivity contribution in [1.29, 1.82) is 0 Å². The molecule has 7 nitrogen and oxygen atoms in total.